The van der Waals surface area contributed by atoms with Gasteiger partial charge in [-0.25, -0.2) is 4.79 Å². The number of rotatable bonds is 17. The van der Waals surface area contributed by atoms with Crippen LogP contribution in [0, 0.1) is 5.92 Å². The second-order valence-electron chi connectivity index (χ2n) is 9.01. The highest BCUT2D eigenvalue weighted by Gasteiger charge is 2.30. The molecule has 6 N–H and O–H groups in total. The maximum absolute atomic E-state index is 13.2. The van der Waals surface area contributed by atoms with Gasteiger partial charge >= 0.3 is 5.97 Å². The van der Waals surface area contributed by atoms with Gasteiger partial charge in [0.25, 0.3) is 0 Å². The summed E-state index contributed by atoms with van der Waals surface area (Å²) in [4.78, 5) is 50.5. The van der Waals surface area contributed by atoms with E-state index in [-0.39, 0.29) is 12.3 Å². The van der Waals surface area contributed by atoms with Crippen molar-refractivity contribution in [3.63, 3.8) is 0 Å². The Bertz CT molecular complexity index is 841. The number of aliphatic carboxylic acids is 1. The number of carbonyl (C=O) groups is 4. The summed E-state index contributed by atoms with van der Waals surface area (Å²) in [5, 5.41) is 17.5. The predicted molar refractivity (Wildman–Crippen MR) is 147 cm³/mol. The van der Waals surface area contributed by atoms with E-state index < -0.39 is 47.9 Å². The zero-order valence-electron chi connectivity index (χ0n) is 21.5. The fraction of sp³-hybridized carbons (Fsp3) is 0.600. The first-order valence-electron chi connectivity index (χ1n) is 12.0. The lowest BCUT2D eigenvalue weighted by Crippen LogP contribution is -2.57. The number of carbonyl (C=O) groups excluding carboxylic acids is 3. The van der Waals surface area contributed by atoms with Crippen LogP contribution in [0.2, 0.25) is 0 Å². The average Bonchev–Trinajstić information content (AvgIpc) is 2.83. The molecule has 0 heterocycles. The van der Waals surface area contributed by atoms with Crippen LogP contribution >= 0.6 is 23.5 Å². The Hall–Kier alpha value is -2.24. The van der Waals surface area contributed by atoms with Crippen LogP contribution < -0.4 is 21.7 Å². The summed E-state index contributed by atoms with van der Waals surface area (Å²) < 4.78 is 0. The first-order chi connectivity index (χ1) is 17.1. The highest BCUT2D eigenvalue weighted by atomic mass is 32.2. The van der Waals surface area contributed by atoms with Gasteiger partial charge in [0.1, 0.15) is 18.1 Å². The van der Waals surface area contributed by atoms with E-state index in [0.717, 1.165) is 5.56 Å². The minimum atomic E-state index is -1.12. The SMILES string of the molecule is CSCCC(NC(=O)C(CC(C)C)NC(=O)C(CCSC)NC(=O)C(N)Cc1ccccc1)C(=O)O. The molecule has 4 atom stereocenters. The molecule has 0 radical (unpaired) electrons. The third-order valence-electron chi connectivity index (χ3n) is 5.44. The lowest BCUT2D eigenvalue weighted by molar-refractivity contribution is -0.142. The van der Waals surface area contributed by atoms with Crippen molar-refractivity contribution in [3.8, 4) is 0 Å². The van der Waals surface area contributed by atoms with Crippen LogP contribution in [0.3, 0.4) is 0 Å². The molecule has 0 spiro atoms. The van der Waals surface area contributed by atoms with Gasteiger partial charge in [0.15, 0.2) is 0 Å². The van der Waals surface area contributed by atoms with E-state index in [9.17, 15) is 24.3 Å². The number of nitrogens with two attached hydrogens (primary N) is 1. The van der Waals surface area contributed by atoms with Crippen molar-refractivity contribution < 1.29 is 24.3 Å². The second kappa shape index (κ2) is 17.3. The minimum absolute atomic E-state index is 0.0639. The molecule has 1 aromatic carbocycles. The zero-order chi connectivity index (χ0) is 27.1. The van der Waals surface area contributed by atoms with E-state index in [4.69, 9.17) is 5.73 Å². The molecule has 0 fully saturated rings. The molecule has 3 amide bonds. The molecular formula is C25H40N4O5S2. The quantitative estimate of drug-likeness (QED) is 0.200. The smallest absolute Gasteiger partial charge is 0.326 e. The highest BCUT2D eigenvalue weighted by molar-refractivity contribution is 7.98. The normalized spacial score (nSPS) is 14.4. The predicted octanol–water partition coefficient (Wildman–Crippen LogP) is 1.65. The van der Waals surface area contributed by atoms with Crippen LogP contribution in [-0.4, -0.2) is 77.0 Å². The van der Waals surface area contributed by atoms with Crippen molar-refractivity contribution in [1.29, 1.82) is 0 Å². The summed E-state index contributed by atoms with van der Waals surface area (Å²) in [6.07, 6.45) is 5.04. The molecule has 36 heavy (non-hydrogen) atoms. The molecule has 1 aromatic rings. The Labute approximate surface area is 222 Å². The van der Waals surface area contributed by atoms with E-state index in [1.807, 2.05) is 56.7 Å². The standard InChI is InChI=1S/C25H40N4O5S2/c1-16(2)14-21(24(32)28-20(25(33)34)11-13-36-4)29-23(31)19(10-12-35-3)27-22(30)18(26)15-17-8-6-5-7-9-17/h5-9,16,18-21H,10-15,26H2,1-4H3,(H,27,30)(H,28,32)(H,29,31)(H,33,34). The van der Waals surface area contributed by atoms with Gasteiger partial charge < -0.3 is 26.8 Å². The summed E-state index contributed by atoms with van der Waals surface area (Å²) in [5.74, 6) is -1.37. The minimum Gasteiger partial charge on any atom is -0.480 e. The van der Waals surface area contributed by atoms with E-state index in [1.165, 1.54) is 23.5 Å². The molecular weight excluding hydrogens is 500 g/mol. The van der Waals surface area contributed by atoms with Gasteiger partial charge in [-0.3, -0.25) is 14.4 Å². The molecule has 4 unspecified atom stereocenters. The number of hydrogen-bond acceptors (Lipinski definition) is 7. The Morgan fingerprint density at radius 1 is 0.833 bits per heavy atom. The van der Waals surface area contributed by atoms with Crippen molar-refractivity contribution in [2.24, 2.45) is 11.7 Å². The van der Waals surface area contributed by atoms with Crippen molar-refractivity contribution in [1.82, 2.24) is 16.0 Å². The van der Waals surface area contributed by atoms with Crippen LogP contribution in [0.25, 0.3) is 0 Å². The van der Waals surface area contributed by atoms with Crippen LogP contribution in [0.4, 0.5) is 0 Å². The summed E-state index contributed by atoms with van der Waals surface area (Å²) >= 11 is 3.02. The highest BCUT2D eigenvalue weighted by Crippen LogP contribution is 2.10. The second-order valence-corrected chi connectivity index (χ2v) is 11.0. The van der Waals surface area contributed by atoms with E-state index in [1.54, 1.807) is 0 Å². The van der Waals surface area contributed by atoms with Crippen molar-refractivity contribution in [2.75, 3.05) is 24.0 Å². The van der Waals surface area contributed by atoms with Gasteiger partial charge in [0.2, 0.25) is 17.7 Å². The van der Waals surface area contributed by atoms with Gasteiger partial charge in [-0.05, 0) is 61.2 Å². The van der Waals surface area contributed by atoms with E-state index in [2.05, 4.69) is 16.0 Å². The number of carboxylic acids is 1. The van der Waals surface area contributed by atoms with Crippen LogP contribution in [-0.2, 0) is 25.6 Å². The molecule has 0 saturated heterocycles. The van der Waals surface area contributed by atoms with Gasteiger partial charge in [-0.1, -0.05) is 44.2 Å². The lowest BCUT2D eigenvalue weighted by atomic mass is 10.0. The largest absolute Gasteiger partial charge is 0.480 e. The van der Waals surface area contributed by atoms with Crippen LogP contribution in [0.5, 0.6) is 0 Å². The first kappa shape index (κ1) is 31.8. The van der Waals surface area contributed by atoms with Crippen molar-refractivity contribution >= 4 is 47.2 Å². The summed E-state index contributed by atoms with van der Waals surface area (Å²) in [6.45, 7) is 3.81. The number of benzene rings is 1. The molecule has 0 bridgehead atoms. The summed E-state index contributed by atoms with van der Waals surface area (Å²) in [7, 11) is 0. The van der Waals surface area contributed by atoms with Gasteiger partial charge in [-0.2, -0.15) is 23.5 Å². The molecule has 0 aromatic heterocycles. The number of hydrogen-bond donors (Lipinski definition) is 5. The van der Waals surface area contributed by atoms with Crippen molar-refractivity contribution in [3.05, 3.63) is 35.9 Å². The summed E-state index contributed by atoms with van der Waals surface area (Å²) in [5.41, 5.74) is 7.00. The van der Waals surface area contributed by atoms with Gasteiger partial charge in [0, 0.05) is 0 Å². The molecule has 0 saturated carbocycles. The fourth-order valence-corrected chi connectivity index (χ4v) is 4.43. The molecule has 0 aliphatic carbocycles. The van der Waals surface area contributed by atoms with E-state index >= 15 is 0 Å². The maximum atomic E-state index is 13.2. The zero-order valence-corrected chi connectivity index (χ0v) is 23.1. The molecule has 202 valence electrons. The lowest BCUT2D eigenvalue weighted by Gasteiger charge is -2.26. The number of thioether (sulfide) groups is 2. The van der Waals surface area contributed by atoms with Crippen LogP contribution in [0.1, 0.15) is 38.7 Å². The molecule has 0 aliphatic heterocycles. The number of nitrogens with one attached hydrogen (secondary N) is 3. The number of carboxylic acid groups (broad SMARTS) is 1. The number of amides is 3. The first-order valence-corrected chi connectivity index (χ1v) is 14.8. The summed E-state index contributed by atoms with van der Waals surface area (Å²) in [6, 6.07) is 5.69. The fourth-order valence-electron chi connectivity index (χ4n) is 3.48. The molecule has 11 heteroatoms. The Morgan fingerprint density at radius 2 is 1.33 bits per heavy atom. The monoisotopic (exact) mass is 540 g/mol. The van der Waals surface area contributed by atoms with Crippen LogP contribution in [0.15, 0.2) is 30.3 Å². The van der Waals surface area contributed by atoms with Crippen molar-refractivity contribution in [2.45, 2.75) is 63.7 Å². The Kier molecular flexibility index (Phi) is 15.2. The topological polar surface area (TPSA) is 151 Å². The van der Waals surface area contributed by atoms with Gasteiger partial charge in [-0.15, -0.1) is 0 Å². The van der Waals surface area contributed by atoms with E-state index in [0.29, 0.717) is 30.8 Å². The molecule has 0 aliphatic rings. The Morgan fingerprint density at radius 3 is 1.86 bits per heavy atom. The van der Waals surface area contributed by atoms with Gasteiger partial charge in [0.05, 0.1) is 6.04 Å². The average molecular weight is 541 g/mol. The third-order valence-corrected chi connectivity index (χ3v) is 6.73. The Balaban J connectivity index is 2.92. The molecule has 9 nitrogen and oxygen atoms in total. The third kappa shape index (κ3) is 12.1. The molecule has 1 rings (SSSR count). The maximum Gasteiger partial charge on any atom is 0.326 e.